The van der Waals surface area contributed by atoms with Gasteiger partial charge in [-0.3, -0.25) is 0 Å². The van der Waals surface area contributed by atoms with Crippen molar-refractivity contribution >= 4 is 68.5 Å². The van der Waals surface area contributed by atoms with Crippen molar-refractivity contribution < 1.29 is 13.7 Å². The van der Waals surface area contributed by atoms with Gasteiger partial charge in [0.25, 0.3) is 0 Å². The summed E-state index contributed by atoms with van der Waals surface area (Å²) in [5.74, 6) is 0. The molecule has 0 saturated carbocycles. The molecular weight excluding hydrogens is 262 g/mol. The first-order valence-corrected chi connectivity index (χ1v) is 2.64. The molecule has 0 radical (unpaired) electrons. The first-order valence-electron chi connectivity index (χ1n) is 0.123. The van der Waals surface area contributed by atoms with E-state index in [1.807, 2.05) is 0 Å². The molecule has 4 heavy (non-hydrogen) atoms. The van der Waals surface area contributed by atoms with Crippen LogP contribution in [0, 0.1) is 0 Å². The van der Waals surface area contributed by atoms with Crippen LogP contribution in [-0.2, 0) is 13.7 Å². The topological polar surface area (TPSA) is 0 Å². The largest absolute Gasteiger partial charge is 2.00 e. The summed E-state index contributed by atoms with van der Waals surface area (Å²) in [6.45, 7) is 0. The third-order valence-corrected chi connectivity index (χ3v) is 0. The molecule has 25 valence electrons. The van der Waals surface area contributed by atoms with Gasteiger partial charge < -0.3 is 17.1 Å². The number of hydrogen-bond donors (Lipinski definition) is 0. The van der Waals surface area contributed by atoms with E-state index in [0.717, 1.165) is 0 Å². The molecule has 0 N–H and O–H groups in total. The Kier molecular flexibility index (Phi) is 67.3. The Morgan fingerprint density at radius 3 is 1.25 bits per heavy atom. The molecule has 0 heterocycles. The van der Waals surface area contributed by atoms with Gasteiger partial charge in [0.1, 0.15) is 0 Å². The van der Waals surface area contributed by atoms with Crippen molar-refractivity contribution in [2.45, 2.75) is 0 Å². The van der Waals surface area contributed by atoms with Crippen LogP contribution in [0.2, 0.25) is 0 Å². The quantitative estimate of drug-likeness (QED) is 0.484. The van der Waals surface area contributed by atoms with Crippen molar-refractivity contribution in [2.24, 2.45) is 0 Å². The van der Waals surface area contributed by atoms with Crippen molar-refractivity contribution in [3.05, 3.63) is 0 Å². The van der Waals surface area contributed by atoms with Gasteiger partial charge >= 0.3 is 65.0 Å². The van der Waals surface area contributed by atoms with Crippen molar-refractivity contribution in [3.8, 4) is 0 Å². The molecule has 0 bridgehead atoms. The summed E-state index contributed by atoms with van der Waals surface area (Å²) in [6.07, 6.45) is 0. The van der Waals surface area contributed by atoms with Crippen LogP contribution in [0.4, 0.5) is 0 Å². The van der Waals surface area contributed by atoms with E-state index in [-0.39, 0.29) is 54.8 Å². The van der Waals surface area contributed by atoms with Gasteiger partial charge in [-0.25, -0.2) is 0 Å². The molecule has 0 atom stereocenters. The monoisotopic (exact) mass is 263 g/mol. The van der Waals surface area contributed by atoms with Crippen LogP contribution in [0.15, 0.2) is 0 Å². The third-order valence-electron chi connectivity index (χ3n) is 0. The molecule has 0 fully saturated rings. The smallest absolute Gasteiger partial charge is 2.00 e. The van der Waals surface area contributed by atoms with Crippen molar-refractivity contribution in [3.63, 3.8) is 0 Å². The Balaban J connectivity index is -0.00000000500. The predicted octanol–water partition coefficient (Wildman–Crippen LogP) is -1.14. The first kappa shape index (κ1) is 15.8. The Labute approximate surface area is 80.4 Å². The SMILES string of the molecule is [Ca+2].[Cu]=[Se].[Se-2]. The predicted molar refractivity (Wildman–Crippen MR) is 17.3 cm³/mol. The second kappa shape index (κ2) is 17.0. The fourth-order valence-electron chi connectivity index (χ4n) is 0. The molecule has 0 aromatic rings. The normalized spacial score (nSPS) is 1.50. The van der Waals surface area contributed by atoms with Gasteiger partial charge in [-0.1, -0.05) is 0 Å². The van der Waals surface area contributed by atoms with Crippen LogP contribution in [-0.4, -0.2) is 68.5 Å². The zero-order valence-electron chi connectivity index (χ0n) is 1.83. The Morgan fingerprint density at radius 1 is 1.25 bits per heavy atom. The molecule has 0 aliphatic carbocycles. The maximum atomic E-state index is 4.06. The summed E-state index contributed by atoms with van der Waals surface area (Å²) in [4.78, 5) is 0. The van der Waals surface area contributed by atoms with E-state index in [4.69, 9.17) is 0 Å². The van der Waals surface area contributed by atoms with Crippen LogP contribution in [0.5, 0.6) is 0 Å². The maximum absolute atomic E-state index is 4.06. The fourth-order valence-corrected chi connectivity index (χ4v) is 0. The average Bonchev–Trinajstić information content (AvgIpc) is 1.00. The molecular formula is CaCuSe2. The molecule has 0 aliphatic heterocycles. The van der Waals surface area contributed by atoms with Gasteiger partial charge in [-0.05, 0) is 0 Å². The third kappa shape index (κ3) is 8.84. The molecule has 0 aromatic carbocycles. The summed E-state index contributed by atoms with van der Waals surface area (Å²) in [5, 5.41) is 0. The molecule has 0 spiro atoms. The average molecular weight is 262 g/mol. The van der Waals surface area contributed by atoms with E-state index in [9.17, 15) is 0 Å². The van der Waals surface area contributed by atoms with Crippen LogP contribution in [0.1, 0.15) is 0 Å². The van der Waals surface area contributed by atoms with Gasteiger partial charge in [-0.15, -0.1) is 0 Å². The van der Waals surface area contributed by atoms with Crippen LogP contribution >= 0.6 is 0 Å². The Bertz CT molecular complexity index is 6.00. The molecule has 0 saturated heterocycles. The van der Waals surface area contributed by atoms with Gasteiger partial charge in [0.2, 0.25) is 0 Å². The summed E-state index contributed by atoms with van der Waals surface area (Å²) < 4.78 is 0. The summed E-state index contributed by atoms with van der Waals surface area (Å²) in [6, 6.07) is 0. The van der Waals surface area contributed by atoms with Gasteiger partial charge in [-0.2, -0.15) is 0 Å². The molecule has 0 unspecified atom stereocenters. The van der Waals surface area contributed by atoms with Crippen LogP contribution in [0.25, 0.3) is 0 Å². The van der Waals surface area contributed by atoms with E-state index < -0.39 is 0 Å². The van der Waals surface area contributed by atoms with E-state index >= 15 is 0 Å². The van der Waals surface area contributed by atoms with Crippen LogP contribution < -0.4 is 0 Å². The minimum absolute atomic E-state index is 0. The second-order valence-corrected chi connectivity index (χ2v) is 0. The van der Waals surface area contributed by atoms with E-state index in [2.05, 4.69) is 27.3 Å². The molecule has 0 aliphatic rings. The van der Waals surface area contributed by atoms with Gasteiger partial charge in [0.15, 0.2) is 0 Å². The van der Waals surface area contributed by atoms with E-state index in [0.29, 0.717) is 0 Å². The van der Waals surface area contributed by atoms with Crippen molar-refractivity contribution in [2.75, 3.05) is 0 Å². The minimum atomic E-state index is 0. The van der Waals surface area contributed by atoms with Gasteiger partial charge in [0.05, 0.1) is 0 Å². The molecule has 0 amide bonds. The van der Waals surface area contributed by atoms with Gasteiger partial charge in [0, 0.05) is 0 Å². The number of hydrogen-bond acceptors (Lipinski definition) is 0. The summed E-state index contributed by atoms with van der Waals surface area (Å²) in [7, 11) is 0. The molecule has 0 aromatic heterocycles. The van der Waals surface area contributed by atoms with E-state index in [1.54, 1.807) is 0 Å². The fraction of sp³-hybridized carbons (Fsp3) is 0. The molecule has 0 rings (SSSR count). The van der Waals surface area contributed by atoms with Crippen LogP contribution in [0.3, 0.4) is 0 Å². The first-order chi connectivity index (χ1) is 1.00. The summed E-state index contributed by atoms with van der Waals surface area (Å²) in [5.41, 5.74) is 0. The maximum Gasteiger partial charge on any atom is -2.00 e. The van der Waals surface area contributed by atoms with E-state index in [1.165, 1.54) is 0 Å². The van der Waals surface area contributed by atoms with Crippen molar-refractivity contribution in [1.29, 1.82) is 0 Å². The summed E-state index contributed by atoms with van der Waals surface area (Å²) >= 11 is 6.25. The Hall–Kier alpha value is 2.82. The zero-order chi connectivity index (χ0) is 2.00. The zero-order valence-corrected chi connectivity index (χ0v) is 8.40. The molecule has 4 heteroatoms. The standard InChI is InChI=1S/Ca.Cu.2Se/q+2;;;-2. The minimum Gasteiger partial charge on any atom is -2.00 e. The number of rotatable bonds is 0. The Morgan fingerprint density at radius 2 is 1.25 bits per heavy atom. The van der Waals surface area contributed by atoms with Crippen molar-refractivity contribution in [1.82, 2.24) is 0 Å². The second-order valence-electron chi connectivity index (χ2n) is 0. The molecule has 0 nitrogen and oxygen atoms in total.